The van der Waals surface area contributed by atoms with Gasteiger partial charge in [0.15, 0.2) is 0 Å². The van der Waals surface area contributed by atoms with E-state index in [1.54, 1.807) is 24.4 Å². The standard InChI is InChI=1S/C27H24Cl2N4O/c28-23-12-7-13-24(25(23)29)31-27(34)22(18-30)19-32-14-16-33(17-15-32)26(20-8-3-1-4-9-20)21-10-5-2-6-11-21/h1-13,19,26H,14-17H2,(H,31,34)/b22-19-. The van der Waals surface area contributed by atoms with Crippen LogP contribution in [-0.2, 0) is 4.79 Å². The van der Waals surface area contributed by atoms with Gasteiger partial charge in [0.2, 0.25) is 0 Å². The van der Waals surface area contributed by atoms with Gasteiger partial charge >= 0.3 is 0 Å². The van der Waals surface area contributed by atoms with Crippen molar-refractivity contribution in [3.8, 4) is 6.07 Å². The predicted molar refractivity (Wildman–Crippen MR) is 137 cm³/mol. The molecule has 0 aromatic heterocycles. The highest BCUT2D eigenvalue weighted by atomic mass is 35.5. The van der Waals surface area contributed by atoms with Crippen molar-refractivity contribution in [3.05, 3.63) is 112 Å². The zero-order valence-electron chi connectivity index (χ0n) is 18.5. The lowest BCUT2D eigenvalue weighted by molar-refractivity contribution is -0.112. The first-order chi connectivity index (χ1) is 16.6. The smallest absolute Gasteiger partial charge is 0.267 e. The van der Waals surface area contributed by atoms with Crippen molar-refractivity contribution in [3.63, 3.8) is 0 Å². The van der Waals surface area contributed by atoms with Crippen LogP contribution in [0.2, 0.25) is 10.0 Å². The van der Waals surface area contributed by atoms with Gasteiger partial charge < -0.3 is 10.2 Å². The predicted octanol–water partition coefficient (Wildman–Crippen LogP) is 5.75. The van der Waals surface area contributed by atoms with E-state index in [9.17, 15) is 10.1 Å². The molecule has 1 fully saturated rings. The molecule has 0 radical (unpaired) electrons. The Balaban J connectivity index is 1.46. The third kappa shape index (κ3) is 5.60. The monoisotopic (exact) mass is 490 g/mol. The number of benzene rings is 3. The van der Waals surface area contributed by atoms with Gasteiger partial charge in [0, 0.05) is 32.4 Å². The maximum Gasteiger partial charge on any atom is 0.267 e. The van der Waals surface area contributed by atoms with Gasteiger partial charge in [-0.3, -0.25) is 9.69 Å². The van der Waals surface area contributed by atoms with Gasteiger partial charge in [0.1, 0.15) is 11.6 Å². The molecule has 3 aromatic rings. The molecule has 0 atom stereocenters. The summed E-state index contributed by atoms with van der Waals surface area (Å²) < 4.78 is 0. The summed E-state index contributed by atoms with van der Waals surface area (Å²) in [5, 5.41) is 12.9. The molecule has 1 heterocycles. The Morgan fingerprint density at radius 1 is 0.882 bits per heavy atom. The zero-order valence-corrected chi connectivity index (χ0v) is 20.0. The van der Waals surface area contributed by atoms with Gasteiger partial charge in [0.25, 0.3) is 5.91 Å². The third-order valence-electron chi connectivity index (χ3n) is 5.82. The van der Waals surface area contributed by atoms with Crippen LogP contribution in [0.4, 0.5) is 5.69 Å². The number of anilines is 1. The maximum absolute atomic E-state index is 12.7. The molecule has 1 aliphatic rings. The lowest BCUT2D eigenvalue weighted by Gasteiger charge is -2.39. The quantitative estimate of drug-likeness (QED) is 0.353. The summed E-state index contributed by atoms with van der Waals surface area (Å²) in [5.74, 6) is -0.513. The summed E-state index contributed by atoms with van der Waals surface area (Å²) in [7, 11) is 0. The number of hydrogen-bond donors (Lipinski definition) is 1. The Morgan fingerprint density at radius 2 is 1.47 bits per heavy atom. The molecule has 1 saturated heterocycles. The summed E-state index contributed by atoms with van der Waals surface area (Å²) in [4.78, 5) is 17.1. The Bertz CT molecular complexity index is 1160. The van der Waals surface area contributed by atoms with E-state index in [0.29, 0.717) is 23.8 Å². The normalized spacial score (nSPS) is 14.6. The summed E-state index contributed by atoms with van der Waals surface area (Å²) in [6.45, 7) is 3.00. The van der Waals surface area contributed by atoms with Crippen LogP contribution in [0.15, 0.2) is 90.6 Å². The minimum absolute atomic E-state index is 0.0205. The second kappa shape index (κ2) is 11.2. The Hall–Kier alpha value is -3.30. The van der Waals surface area contributed by atoms with Crippen LogP contribution in [0, 0.1) is 11.3 Å². The lowest BCUT2D eigenvalue weighted by Crippen LogP contribution is -2.46. The maximum atomic E-state index is 12.7. The molecular formula is C27H24Cl2N4O. The molecule has 34 heavy (non-hydrogen) atoms. The first kappa shape index (κ1) is 23.8. The van der Waals surface area contributed by atoms with Crippen molar-refractivity contribution in [1.82, 2.24) is 9.80 Å². The molecule has 0 spiro atoms. The summed E-state index contributed by atoms with van der Waals surface area (Å²) in [6.07, 6.45) is 1.63. The van der Waals surface area contributed by atoms with E-state index in [1.807, 2.05) is 23.1 Å². The van der Waals surface area contributed by atoms with E-state index in [0.717, 1.165) is 13.1 Å². The average Bonchev–Trinajstić information content (AvgIpc) is 2.87. The molecule has 4 rings (SSSR count). The van der Waals surface area contributed by atoms with E-state index in [2.05, 4.69) is 58.7 Å². The molecule has 0 saturated carbocycles. The van der Waals surface area contributed by atoms with Gasteiger partial charge in [-0.25, -0.2) is 0 Å². The molecule has 172 valence electrons. The van der Waals surface area contributed by atoms with E-state index in [-0.39, 0.29) is 16.6 Å². The summed E-state index contributed by atoms with van der Waals surface area (Å²) >= 11 is 12.2. The Labute approximate surface area is 209 Å². The third-order valence-corrected chi connectivity index (χ3v) is 6.64. The highest BCUT2D eigenvalue weighted by Gasteiger charge is 2.26. The van der Waals surface area contributed by atoms with Crippen LogP contribution < -0.4 is 5.32 Å². The molecule has 0 unspecified atom stereocenters. The molecular weight excluding hydrogens is 467 g/mol. The van der Waals surface area contributed by atoms with Crippen LogP contribution in [0.3, 0.4) is 0 Å². The van der Waals surface area contributed by atoms with E-state index >= 15 is 0 Å². The van der Waals surface area contributed by atoms with Gasteiger partial charge in [-0.05, 0) is 23.3 Å². The van der Waals surface area contributed by atoms with Gasteiger partial charge in [-0.15, -0.1) is 0 Å². The number of hydrogen-bond acceptors (Lipinski definition) is 4. The first-order valence-corrected chi connectivity index (χ1v) is 11.8. The summed E-state index contributed by atoms with van der Waals surface area (Å²) in [6, 6.07) is 28.1. The second-order valence-electron chi connectivity index (χ2n) is 8.01. The molecule has 3 aromatic carbocycles. The fourth-order valence-electron chi connectivity index (χ4n) is 4.12. The number of nitrogens with one attached hydrogen (secondary N) is 1. The lowest BCUT2D eigenvalue weighted by atomic mass is 9.96. The highest BCUT2D eigenvalue weighted by molar-refractivity contribution is 6.44. The van der Waals surface area contributed by atoms with E-state index < -0.39 is 5.91 Å². The van der Waals surface area contributed by atoms with Crippen LogP contribution in [0.1, 0.15) is 17.2 Å². The number of nitriles is 1. The minimum atomic E-state index is -0.513. The number of piperazine rings is 1. The van der Waals surface area contributed by atoms with Crippen molar-refractivity contribution < 1.29 is 4.79 Å². The molecule has 0 aliphatic carbocycles. The number of carbonyl (C=O) groups excluding carboxylic acids is 1. The van der Waals surface area contributed by atoms with Crippen molar-refractivity contribution >= 4 is 34.8 Å². The molecule has 0 bridgehead atoms. The number of rotatable bonds is 6. The van der Waals surface area contributed by atoms with Crippen LogP contribution in [0.5, 0.6) is 0 Å². The van der Waals surface area contributed by atoms with Crippen molar-refractivity contribution in [1.29, 1.82) is 5.26 Å². The molecule has 1 aliphatic heterocycles. The van der Waals surface area contributed by atoms with Crippen molar-refractivity contribution in [2.75, 3.05) is 31.5 Å². The average molecular weight is 491 g/mol. The fourth-order valence-corrected chi connectivity index (χ4v) is 4.47. The second-order valence-corrected chi connectivity index (χ2v) is 8.79. The van der Waals surface area contributed by atoms with Crippen LogP contribution in [-0.4, -0.2) is 41.9 Å². The Kier molecular flexibility index (Phi) is 7.87. The number of amides is 1. The number of nitrogens with zero attached hydrogens (tertiary/aromatic N) is 3. The van der Waals surface area contributed by atoms with E-state index in [4.69, 9.17) is 23.2 Å². The largest absolute Gasteiger partial charge is 0.374 e. The molecule has 7 heteroatoms. The van der Waals surface area contributed by atoms with Crippen LogP contribution in [0.25, 0.3) is 0 Å². The van der Waals surface area contributed by atoms with Crippen molar-refractivity contribution in [2.45, 2.75) is 6.04 Å². The van der Waals surface area contributed by atoms with Gasteiger partial charge in [-0.1, -0.05) is 89.9 Å². The SMILES string of the molecule is N#C/C(=C/N1CCN(C(c2ccccc2)c2ccccc2)CC1)C(=O)Nc1cccc(Cl)c1Cl. The topological polar surface area (TPSA) is 59.4 Å². The van der Waals surface area contributed by atoms with Crippen LogP contribution >= 0.6 is 23.2 Å². The van der Waals surface area contributed by atoms with E-state index in [1.165, 1.54) is 11.1 Å². The van der Waals surface area contributed by atoms with Gasteiger partial charge in [0.05, 0.1) is 21.8 Å². The molecule has 5 nitrogen and oxygen atoms in total. The number of carbonyl (C=O) groups is 1. The fraction of sp³-hybridized carbons (Fsp3) is 0.185. The number of halogens is 2. The Morgan fingerprint density at radius 3 is 2.03 bits per heavy atom. The van der Waals surface area contributed by atoms with Gasteiger partial charge in [-0.2, -0.15) is 5.26 Å². The zero-order chi connectivity index (χ0) is 23.9. The molecule has 1 N–H and O–H groups in total. The van der Waals surface area contributed by atoms with Crippen molar-refractivity contribution in [2.24, 2.45) is 0 Å². The highest BCUT2D eigenvalue weighted by Crippen LogP contribution is 2.31. The first-order valence-electron chi connectivity index (χ1n) is 11.0. The summed E-state index contributed by atoms with van der Waals surface area (Å²) in [5.41, 5.74) is 2.88. The minimum Gasteiger partial charge on any atom is -0.374 e. The molecule has 1 amide bonds.